The molecule has 4 nitrogen and oxygen atoms in total. The van der Waals surface area contributed by atoms with E-state index in [0.29, 0.717) is 11.7 Å². The molecule has 0 fully saturated rings. The highest BCUT2D eigenvalue weighted by Gasteiger charge is 2.12. The average Bonchev–Trinajstić information content (AvgIpc) is 2.74. The summed E-state index contributed by atoms with van der Waals surface area (Å²) in [5.74, 6) is 1.66. The number of rotatable bonds is 8. The van der Waals surface area contributed by atoms with Gasteiger partial charge in [-0.25, -0.2) is 4.98 Å². The van der Waals surface area contributed by atoms with E-state index < -0.39 is 0 Å². The third kappa shape index (κ3) is 5.08. The molecule has 1 N–H and O–H groups in total. The SMILES string of the molecule is CCCn1ncnc1CC(O)CSC(C)CC. The molecular weight excluding hydrogens is 234 g/mol. The number of hydrogen-bond acceptors (Lipinski definition) is 4. The standard InChI is InChI=1S/C12H23N3OS/c1-4-6-15-12(13-9-14-15)7-11(16)8-17-10(3)5-2/h9-11,16H,4-8H2,1-3H3. The van der Waals surface area contributed by atoms with Crippen LogP contribution in [-0.4, -0.2) is 37.0 Å². The summed E-state index contributed by atoms with van der Waals surface area (Å²) in [5, 5.41) is 14.7. The molecular formula is C12H23N3OS. The molecule has 0 aliphatic carbocycles. The molecule has 98 valence electrons. The zero-order valence-electron chi connectivity index (χ0n) is 11.0. The molecule has 0 amide bonds. The highest BCUT2D eigenvalue weighted by atomic mass is 32.2. The molecule has 0 saturated carbocycles. The van der Waals surface area contributed by atoms with Gasteiger partial charge in [0.15, 0.2) is 0 Å². The summed E-state index contributed by atoms with van der Waals surface area (Å²) in [7, 11) is 0. The van der Waals surface area contributed by atoms with Crippen LogP contribution in [0.25, 0.3) is 0 Å². The van der Waals surface area contributed by atoms with Gasteiger partial charge < -0.3 is 5.11 Å². The molecule has 2 unspecified atom stereocenters. The Hall–Kier alpha value is -0.550. The lowest BCUT2D eigenvalue weighted by atomic mass is 10.3. The number of aryl methyl sites for hydroxylation is 1. The maximum Gasteiger partial charge on any atom is 0.138 e. The van der Waals surface area contributed by atoms with Crippen molar-refractivity contribution in [2.75, 3.05) is 5.75 Å². The maximum absolute atomic E-state index is 9.96. The molecule has 2 atom stereocenters. The van der Waals surface area contributed by atoms with E-state index in [-0.39, 0.29) is 6.10 Å². The van der Waals surface area contributed by atoms with Gasteiger partial charge in [0.2, 0.25) is 0 Å². The van der Waals surface area contributed by atoms with Crippen molar-refractivity contribution in [2.45, 2.75) is 57.9 Å². The average molecular weight is 257 g/mol. The highest BCUT2D eigenvalue weighted by molar-refractivity contribution is 7.99. The predicted octanol–water partition coefficient (Wildman–Crippen LogP) is 2.12. The molecule has 1 heterocycles. The molecule has 0 spiro atoms. The second kappa shape index (κ2) is 7.71. The summed E-state index contributed by atoms with van der Waals surface area (Å²) in [5.41, 5.74) is 0. The lowest BCUT2D eigenvalue weighted by Gasteiger charge is -2.13. The lowest BCUT2D eigenvalue weighted by molar-refractivity contribution is 0.195. The van der Waals surface area contributed by atoms with Crippen LogP contribution in [-0.2, 0) is 13.0 Å². The van der Waals surface area contributed by atoms with Crippen LogP contribution in [0.1, 0.15) is 39.4 Å². The second-order valence-corrected chi connectivity index (χ2v) is 5.78. The second-order valence-electron chi connectivity index (χ2n) is 4.31. The van der Waals surface area contributed by atoms with Crippen molar-refractivity contribution in [3.8, 4) is 0 Å². The fraction of sp³-hybridized carbons (Fsp3) is 0.833. The monoisotopic (exact) mass is 257 g/mol. The third-order valence-electron chi connectivity index (χ3n) is 2.70. The molecule has 0 saturated heterocycles. The van der Waals surface area contributed by atoms with Gasteiger partial charge in [0, 0.05) is 24.0 Å². The predicted molar refractivity (Wildman–Crippen MR) is 72.2 cm³/mol. The smallest absolute Gasteiger partial charge is 0.138 e. The Balaban J connectivity index is 2.39. The van der Waals surface area contributed by atoms with E-state index in [0.717, 1.165) is 31.0 Å². The number of nitrogens with zero attached hydrogens (tertiary/aromatic N) is 3. The van der Waals surface area contributed by atoms with Gasteiger partial charge in [0.1, 0.15) is 12.2 Å². The van der Waals surface area contributed by atoms with Crippen molar-refractivity contribution in [3.05, 3.63) is 12.2 Å². The topological polar surface area (TPSA) is 50.9 Å². The molecule has 0 aromatic carbocycles. The van der Waals surface area contributed by atoms with Gasteiger partial charge in [0.25, 0.3) is 0 Å². The normalized spacial score (nSPS) is 14.8. The van der Waals surface area contributed by atoms with Gasteiger partial charge in [-0.15, -0.1) is 0 Å². The fourth-order valence-corrected chi connectivity index (χ4v) is 2.41. The first-order valence-electron chi connectivity index (χ1n) is 6.33. The molecule has 5 heteroatoms. The van der Waals surface area contributed by atoms with Crippen LogP contribution in [0.3, 0.4) is 0 Å². The summed E-state index contributed by atoms with van der Waals surface area (Å²) in [6.45, 7) is 7.35. The van der Waals surface area contributed by atoms with Crippen molar-refractivity contribution < 1.29 is 5.11 Å². The van der Waals surface area contributed by atoms with Crippen LogP contribution in [0.2, 0.25) is 0 Å². The Morgan fingerprint density at radius 2 is 2.24 bits per heavy atom. The van der Waals surface area contributed by atoms with Gasteiger partial charge in [-0.1, -0.05) is 20.8 Å². The first-order chi connectivity index (χ1) is 8.17. The van der Waals surface area contributed by atoms with Crippen LogP contribution >= 0.6 is 11.8 Å². The quantitative estimate of drug-likeness (QED) is 0.775. The Bertz CT molecular complexity index is 316. The van der Waals surface area contributed by atoms with Crippen molar-refractivity contribution >= 4 is 11.8 Å². The van der Waals surface area contributed by atoms with Gasteiger partial charge in [-0.2, -0.15) is 16.9 Å². The minimum absolute atomic E-state index is 0.325. The molecule has 0 aliphatic heterocycles. The molecule has 17 heavy (non-hydrogen) atoms. The van der Waals surface area contributed by atoms with Crippen LogP contribution in [0, 0.1) is 0 Å². The van der Waals surface area contributed by atoms with Gasteiger partial charge >= 0.3 is 0 Å². The molecule has 1 aromatic heterocycles. The van der Waals surface area contributed by atoms with Crippen LogP contribution in [0.15, 0.2) is 6.33 Å². The van der Waals surface area contributed by atoms with E-state index in [4.69, 9.17) is 0 Å². The Labute approximate surface area is 108 Å². The van der Waals surface area contributed by atoms with Gasteiger partial charge in [-0.3, -0.25) is 4.68 Å². The van der Waals surface area contributed by atoms with E-state index in [1.165, 1.54) is 0 Å². The van der Waals surface area contributed by atoms with E-state index in [2.05, 4.69) is 30.9 Å². The Morgan fingerprint density at radius 1 is 1.47 bits per heavy atom. The Morgan fingerprint density at radius 3 is 2.88 bits per heavy atom. The summed E-state index contributed by atoms with van der Waals surface area (Å²) in [4.78, 5) is 4.20. The molecule has 0 aliphatic rings. The van der Waals surface area contributed by atoms with Crippen LogP contribution in [0.5, 0.6) is 0 Å². The largest absolute Gasteiger partial charge is 0.392 e. The van der Waals surface area contributed by atoms with Gasteiger partial charge in [0.05, 0.1) is 6.10 Å². The summed E-state index contributed by atoms with van der Waals surface area (Å²) < 4.78 is 1.89. The minimum atomic E-state index is -0.325. The molecule has 0 bridgehead atoms. The van der Waals surface area contributed by atoms with E-state index in [1.807, 2.05) is 16.4 Å². The zero-order chi connectivity index (χ0) is 12.7. The van der Waals surface area contributed by atoms with E-state index >= 15 is 0 Å². The summed E-state index contributed by atoms with van der Waals surface area (Å²) in [6, 6.07) is 0. The van der Waals surface area contributed by atoms with E-state index in [9.17, 15) is 5.11 Å². The van der Waals surface area contributed by atoms with Gasteiger partial charge in [-0.05, 0) is 12.8 Å². The van der Waals surface area contributed by atoms with Crippen LogP contribution < -0.4 is 0 Å². The zero-order valence-corrected chi connectivity index (χ0v) is 11.8. The third-order valence-corrected chi connectivity index (χ3v) is 4.18. The molecule has 1 rings (SSSR count). The number of aromatic nitrogens is 3. The highest BCUT2D eigenvalue weighted by Crippen LogP contribution is 2.16. The maximum atomic E-state index is 9.96. The van der Waals surface area contributed by atoms with Crippen LogP contribution in [0.4, 0.5) is 0 Å². The molecule has 1 aromatic rings. The minimum Gasteiger partial charge on any atom is -0.392 e. The number of thioether (sulfide) groups is 1. The molecule has 0 radical (unpaired) electrons. The first kappa shape index (κ1) is 14.5. The van der Waals surface area contributed by atoms with Crippen molar-refractivity contribution in [2.24, 2.45) is 0 Å². The summed E-state index contributed by atoms with van der Waals surface area (Å²) in [6.07, 6.45) is 4.02. The van der Waals surface area contributed by atoms with Crippen molar-refractivity contribution in [1.82, 2.24) is 14.8 Å². The van der Waals surface area contributed by atoms with Crippen molar-refractivity contribution in [3.63, 3.8) is 0 Å². The number of aliphatic hydroxyl groups is 1. The summed E-state index contributed by atoms with van der Waals surface area (Å²) >= 11 is 1.82. The lowest BCUT2D eigenvalue weighted by Crippen LogP contribution is -2.19. The Kier molecular flexibility index (Phi) is 6.58. The number of hydrogen-bond donors (Lipinski definition) is 1. The van der Waals surface area contributed by atoms with E-state index in [1.54, 1.807) is 6.33 Å². The number of aliphatic hydroxyl groups excluding tert-OH is 1. The van der Waals surface area contributed by atoms with Crippen molar-refractivity contribution in [1.29, 1.82) is 0 Å². The fourth-order valence-electron chi connectivity index (χ4n) is 1.51. The first-order valence-corrected chi connectivity index (χ1v) is 7.38.